The molecular weight excluding hydrogens is 498 g/mol. The summed E-state index contributed by atoms with van der Waals surface area (Å²) in [5.74, 6) is -2.81. The van der Waals surface area contributed by atoms with E-state index >= 15 is 0 Å². The lowest BCUT2D eigenvalue weighted by Gasteiger charge is -2.50. The molecule has 2 aliphatic rings. The lowest BCUT2D eigenvalue weighted by Crippen LogP contribution is -2.59. The van der Waals surface area contributed by atoms with E-state index in [0.717, 1.165) is 5.56 Å². The van der Waals surface area contributed by atoms with Crippen LogP contribution in [0.25, 0.3) is 0 Å². The van der Waals surface area contributed by atoms with Gasteiger partial charge in [-0.05, 0) is 37.8 Å². The Balaban J connectivity index is 1.49. The van der Waals surface area contributed by atoms with E-state index in [1.165, 1.54) is 16.8 Å². The zero-order valence-corrected chi connectivity index (χ0v) is 21.6. The van der Waals surface area contributed by atoms with Gasteiger partial charge < -0.3 is 4.57 Å². The monoisotopic (exact) mass is 528 g/mol. The number of alkyl halides is 2. The predicted molar refractivity (Wildman–Crippen MR) is 129 cm³/mol. The van der Waals surface area contributed by atoms with Gasteiger partial charge in [-0.25, -0.2) is 22.2 Å². The first-order valence-corrected chi connectivity index (χ1v) is 13.6. The Morgan fingerprint density at radius 1 is 1.11 bits per heavy atom. The van der Waals surface area contributed by atoms with Gasteiger partial charge in [0, 0.05) is 69.8 Å². The number of carbonyl (C=O) groups excluding carboxylic acids is 1. The molecule has 7 nitrogen and oxygen atoms in total. The maximum Gasteiger partial charge on any atom is 0.262 e. The second-order valence-electron chi connectivity index (χ2n) is 9.70. The van der Waals surface area contributed by atoms with Crippen LogP contribution in [0.4, 0.5) is 8.78 Å². The number of ketones is 1. The van der Waals surface area contributed by atoms with Crippen LogP contribution in [0.15, 0.2) is 35.7 Å². The number of carbonyl (C=O) groups is 1. The number of hydrogen-bond donors (Lipinski definition) is 0. The average molecular weight is 529 g/mol. The van der Waals surface area contributed by atoms with E-state index in [4.69, 9.17) is 11.6 Å². The third-order valence-electron chi connectivity index (χ3n) is 7.43. The van der Waals surface area contributed by atoms with Crippen molar-refractivity contribution in [2.45, 2.75) is 61.9 Å². The fourth-order valence-corrected chi connectivity index (χ4v) is 7.03. The van der Waals surface area contributed by atoms with Crippen LogP contribution in [0.2, 0.25) is 5.02 Å². The molecule has 1 saturated heterocycles. The van der Waals surface area contributed by atoms with Crippen LogP contribution in [-0.4, -0.2) is 70.6 Å². The van der Waals surface area contributed by atoms with E-state index in [2.05, 4.69) is 9.88 Å². The fourth-order valence-electron chi connectivity index (χ4n) is 5.32. The van der Waals surface area contributed by atoms with Gasteiger partial charge in [-0.2, -0.15) is 4.31 Å². The molecule has 0 N–H and O–H groups in total. The number of nitrogens with zero attached hydrogens (tertiary/aromatic N) is 4. The Hall–Kier alpha value is -1.88. The van der Waals surface area contributed by atoms with Crippen molar-refractivity contribution in [2.24, 2.45) is 7.05 Å². The number of halogens is 3. The van der Waals surface area contributed by atoms with Crippen LogP contribution in [0.1, 0.15) is 54.4 Å². The van der Waals surface area contributed by atoms with Crippen LogP contribution in [0.3, 0.4) is 0 Å². The highest BCUT2D eigenvalue weighted by atomic mass is 35.5. The first kappa shape index (κ1) is 26.2. The predicted octanol–water partition coefficient (Wildman–Crippen LogP) is 4.30. The van der Waals surface area contributed by atoms with Crippen LogP contribution in [0.5, 0.6) is 0 Å². The van der Waals surface area contributed by atoms with Crippen molar-refractivity contribution in [1.29, 1.82) is 0 Å². The third kappa shape index (κ3) is 5.45. The molecule has 1 aliphatic heterocycles. The molecule has 35 heavy (non-hydrogen) atoms. The molecular formula is C24H31ClF2N4O3S. The van der Waals surface area contributed by atoms with Crippen molar-refractivity contribution < 1.29 is 22.0 Å². The van der Waals surface area contributed by atoms with Gasteiger partial charge in [0.15, 0.2) is 10.8 Å². The summed E-state index contributed by atoms with van der Waals surface area (Å²) in [5, 5.41) is 0.397. The Morgan fingerprint density at radius 3 is 2.34 bits per heavy atom. The number of rotatable bonds is 7. The molecule has 1 saturated carbocycles. The minimum absolute atomic E-state index is 0.00109. The normalized spacial score (nSPS) is 21.2. The number of hydrogen-bond acceptors (Lipinski definition) is 5. The van der Waals surface area contributed by atoms with E-state index < -0.39 is 21.5 Å². The number of imidazole rings is 1. The number of piperazine rings is 1. The van der Waals surface area contributed by atoms with Gasteiger partial charge in [0.2, 0.25) is 5.92 Å². The molecule has 1 aromatic heterocycles. The molecule has 2 fully saturated rings. The SMILES string of the molecule is Cc1cccc(Cl)c1C(=O)CCC1(N2CCN(S(=O)(=O)c3cn(C)cn3)CC2)CCC(F)(F)CC1. The quantitative estimate of drug-likeness (QED) is 0.501. The molecule has 0 atom stereocenters. The number of Topliss-reactive ketones (excluding diaryl/α,β-unsaturated/α-hetero) is 1. The maximum atomic E-state index is 14.1. The number of sulfonamides is 1. The third-order valence-corrected chi connectivity index (χ3v) is 9.52. The molecule has 1 aliphatic carbocycles. The van der Waals surface area contributed by atoms with Gasteiger partial charge in [-0.3, -0.25) is 9.69 Å². The van der Waals surface area contributed by atoms with Gasteiger partial charge in [0.05, 0.1) is 11.3 Å². The van der Waals surface area contributed by atoms with Crippen LogP contribution in [0, 0.1) is 6.92 Å². The molecule has 192 valence electrons. The molecule has 11 heteroatoms. The Bertz CT molecular complexity index is 1160. The zero-order valence-electron chi connectivity index (χ0n) is 20.0. The van der Waals surface area contributed by atoms with Crippen molar-refractivity contribution >= 4 is 27.4 Å². The fraction of sp³-hybridized carbons (Fsp3) is 0.583. The summed E-state index contributed by atoms with van der Waals surface area (Å²) in [5.41, 5.74) is 0.699. The summed E-state index contributed by atoms with van der Waals surface area (Å²) in [7, 11) is -2.01. The smallest absolute Gasteiger partial charge is 0.262 e. The molecule has 0 spiro atoms. The molecule has 0 unspecified atom stereocenters. The number of aromatic nitrogens is 2. The van der Waals surface area contributed by atoms with Crippen molar-refractivity contribution in [2.75, 3.05) is 26.2 Å². The summed E-state index contributed by atoms with van der Waals surface area (Å²) < 4.78 is 57.1. The first-order valence-electron chi connectivity index (χ1n) is 11.8. The minimum atomic E-state index is -3.72. The van der Waals surface area contributed by atoms with Crippen molar-refractivity contribution in [3.8, 4) is 0 Å². The van der Waals surface area contributed by atoms with Crippen LogP contribution >= 0.6 is 11.6 Å². The van der Waals surface area contributed by atoms with Crippen LogP contribution < -0.4 is 0 Å². The highest BCUT2D eigenvalue weighted by molar-refractivity contribution is 7.89. The van der Waals surface area contributed by atoms with E-state index in [1.807, 2.05) is 13.0 Å². The molecule has 2 aromatic rings. The van der Waals surface area contributed by atoms with Gasteiger partial charge in [-0.1, -0.05) is 23.7 Å². The van der Waals surface area contributed by atoms with Gasteiger partial charge >= 0.3 is 0 Å². The summed E-state index contributed by atoms with van der Waals surface area (Å²) >= 11 is 6.28. The van der Waals surface area contributed by atoms with Crippen molar-refractivity contribution in [1.82, 2.24) is 18.8 Å². The second kappa shape index (κ2) is 9.88. The van der Waals surface area contributed by atoms with Gasteiger partial charge in [0.1, 0.15) is 0 Å². The lowest BCUT2D eigenvalue weighted by atomic mass is 9.74. The molecule has 0 amide bonds. The Labute approximate surface area is 210 Å². The number of aryl methyl sites for hydroxylation is 2. The Kier molecular flexibility index (Phi) is 7.39. The van der Waals surface area contributed by atoms with Gasteiger partial charge in [-0.15, -0.1) is 0 Å². The maximum absolute atomic E-state index is 14.1. The minimum Gasteiger partial charge on any atom is -0.339 e. The molecule has 0 bridgehead atoms. The zero-order chi connectivity index (χ0) is 25.4. The van der Waals surface area contributed by atoms with E-state index in [0.29, 0.717) is 30.1 Å². The van der Waals surface area contributed by atoms with E-state index in [1.54, 1.807) is 23.7 Å². The largest absolute Gasteiger partial charge is 0.339 e. The van der Waals surface area contributed by atoms with Gasteiger partial charge in [0.25, 0.3) is 10.0 Å². The Morgan fingerprint density at radius 2 is 1.77 bits per heavy atom. The summed E-state index contributed by atoms with van der Waals surface area (Å²) in [6, 6.07) is 5.30. The highest BCUT2D eigenvalue weighted by Crippen LogP contribution is 2.44. The molecule has 2 heterocycles. The summed E-state index contributed by atoms with van der Waals surface area (Å²) in [4.78, 5) is 19.2. The van der Waals surface area contributed by atoms with Crippen molar-refractivity contribution in [3.05, 3.63) is 46.9 Å². The van der Waals surface area contributed by atoms with Crippen molar-refractivity contribution in [3.63, 3.8) is 0 Å². The highest BCUT2D eigenvalue weighted by Gasteiger charge is 2.47. The summed E-state index contributed by atoms with van der Waals surface area (Å²) in [6.07, 6.45) is 3.59. The summed E-state index contributed by atoms with van der Waals surface area (Å²) in [6.45, 7) is 3.15. The average Bonchev–Trinajstić information content (AvgIpc) is 3.26. The molecule has 0 radical (unpaired) electrons. The van der Waals surface area contributed by atoms with E-state index in [9.17, 15) is 22.0 Å². The second-order valence-corrected chi connectivity index (χ2v) is 12.0. The first-order chi connectivity index (χ1) is 16.4. The number of benzene rings is 1. The molecule has 4 rings (SSSR count). The topological polar surface area (TPSA) is 75.5 Å². The lowest BCUT2D eigenvalue weighted by molar-refractivity contribution is -0.0891. The molecule has 1 aromatic carbocycles. The van der Waals surface area contributed by atoms with E-state index in [-0.39, 0.29) is 56.0 Å². The standard InChI is InChI=1S/C24H31ClF2N4O3S/c1-18-4-3-5-19(25)22(18)20(32)6-7-23(8-10-24(26,27)11-9-23)30-12-14-31(15-13-30)35(33,34)21-16-29(2)17-28-21/h3-5,16-17H,6-15H2,1-2H3. The van der Waals surface area contributed by atoms with Crippen LogP contribution in [-0.2, 0) is 17.1 Å².